The maximum absolute atomic E-state index is 14.2. The number of benzene rings is 2. The van der Waals surface area contributed by atoms with Gasteiger partial charge in [0.25, 0.3) is 5.56 Å². The van der Waals surface area contributed by atoms with E-state index < -0.39 is 5.54 Å². The summed E-state index contributed by atoms with van der Waals surface area (Å²) in [6, 6.07) is 18.2. The number of rotatable bonds is 7. The number of carbonyl (C=O) groups is 1. The van der Waals surface area contributed by atoms with E-state index in [1.54, 1.807) is 11.8 Å². The number of methoxy groups -OCH3 is 1. The maximum Gasteiger partial charge on any atom is 0.286 e. The SMILES string of the molecule is COc1ccc(CN2CN(c3ccccc3)C3(CCN(Cc4c(Br)c(=O)n(C5=CCCC=C5)n4C)CC3)C2=O)cc1. The van der Waals surface area contributed by atoms with E-state index in [1.165, 1.54) is 0 Å². The van der Waals surface area contributed by atoms with Crippen molar-refractivity contribution in [3.8, 4) is 5.75 Å². The molecule has 1 aliphatic carbocycles. The van der Waals surface area contributed by atoms with Gasteiger partial charge in [0, 0.05) is 38.9 Å². The molecule has 1 amide bonds. The van der Waals surface area contributed by atoms with Gasteiger partial charge in [0.2, 0.25) is 5.91 Å². The van der Waals surface area contributed by atoms with Crippen LogP contribution in [0.3, 0.4) is 0 Å². The fourth-order valence-electron chi connectivity index (χ4n) is 6.40. The Balaban J connectivity index is 1.22. The van der Waals surface area contributed by atoms with Crippen molar-refractivity contribution < 1.29 is 9.53 Å². The Morgan fingerprint density at radius 3 is 2.34 bits per heavy atom. The molecule has 3 aliphatic rings. The van der Waals surface area contributed by atoms with Gasteiger partial charge in [0.15, 0.2) is 0 Å². The van der Waals surface area contributed by atoms with Gasteiger partial charge in [-0.15, -0.1) is 0 Å². The van der Waals surface area contributed by atoms with Crippen LogP contribution in [0.25, 0.3) is 5.70 Å². The number of nitrogens with zero attached hydrogens (tertiary/aromatic N) is 5. The number of halogens is 1. The number of ether oxygens (including phenoxy) is 1. The molecule has 0 unspecified atom stereocenters. The molecule has 3 aromatic rings. The van der Waals surface area contributed by atoms with Crippen molar-refractivity contribution in [2.75, 3.05) is 31.8 Å². The summed E-state index contributed by atoms with van der Waals surface area (Å²) in [6.45, 7) is 3.28. The molecule has 0 radical (unpaired) electrons. The minimum Gasteiger partial charge on any atom is -0.497 e. The molecule has 1 aromatic heterocycles. The van der Waals surface area contributed by atoms with Gasteiger partial charge in [0.1, 0.15) is 15.8 Å². The number of anilines is 1. The van der Waals surface area contributed by atoms with Crippen LogP contribution in [0, 0.1) is 0 Å². The first-order chi connectivity index (χ1) is 19.9. The van der Waals surface area contributed by atoms with E-state index in [-0.39, 0.29) is 11.5 Å². The zero-order valence-corrected chi connectivity index (χ0v) is 25.2. The Morgan fingerprint density at radius 1 is 0.951 bits per heavy atom. The standard InChI is InChI=1S/C32H36BrN5O3/c1-34-28(29(33)30(39)38(34)26-11-7-4-8-12-26)22-35-19-17-32(18-20-35)31(40)36(21-24-13-15-27(41-2)16-14-24)23-37(32)25-9-5-3-6-10-25/h3,5-7,9-16H,4,8,17-23H2,1-2H3. The Hall–Kier alpha value is -3.56. The summed E-state index contributed by atoms with van der Waals surface area (Å²) < 4.78 is 9.62. The molecule has 8 nitrogen and oxygen atoms in total. The molecule has 3 heterocycles. The van der Waals surface area contributed by atoms with Crippen LogP contribution in [0.15, 0.2) is 82.1 Å². The highest BCUT2D eigenvalue weighted by Crippen LogP contribution is 2.40. The van der Waals surface area contributed by atoms with Crippen LogP contribution < -0.4 is 15.2 Å². The van der Waals surface area contributed by atoms with Gasteiger partial charge < -0.3 is 14.5 Å². The van der Waals surface area contributed by atoms with Crippen LogP contribution in [0.4, 0.5) is 5.69 Å². The number of allylic oxidation sites excluding steroid dienone is 4. The highest BCUT2D eigenvalue weighted by atomic mass is 79.9. The smallest absolute Gasteiger partial charge is 0.286 e. The molecule has 2 aliphatic heterocycles. The average Bonchev–Trinajstić information content (AvgIpc) is 3.39. The largest absolute Gasteiger partial charge is 0.497 e. The summed E-state index contributed by atoms with van der Waals surface area (Å²) in [4.78, 5) is 34.0. The number of amides is 1. The van der Waals surface area contributed by atoms with E-state index >= 15 is 0 Å². The van der Waals surface area contributed by atoms with Gasteiger partial charge in [0.05, 0.1) is 25.2 Å². The molecular formula is C32H36BrN5O3. The Morgan fingerprint density at radius 2 is 1.68 bits per heavy atom. The van der Waals surface area contributed by atoms with Crippen LogP contribution in [-0.2, 0) is 24.9 Å². The van der Waals surface area contributed by atoms with E-state index in [4.69, 9.17) is 4.74 Å². The first-order valence-corrected chi connectivity index (χ1v) is 15.0. The summed E-state index contributed by atoms with van der Waals surface area (Å²) in [7, 11) is 3.61. The van der Waals surface area contributed by atoms with E-state index in [0.717, 1.165) is 67.2 Å². The molecule has 2 aromatic carbocycles. The fraction of sp³-hybridized carbons (Fsp3) is 0.375. The lowest BCUT2D eigenvalue weighted by atomic mass is 9.85. The van der Waals surface area contributed by atoms with Crippen molar-refractivity contribution in [3.05, 3.63) is 98.9 Å². The molecule has 0 saturated carbocycles. The van der Waals surface area contributed by atoms with Crippen molar-refractivity contribution in [1.82, 2.24) is 19.2 Å². The van der Waals surface area contributed by atoms with Crippen molar-refractivity contribution in [2.45, 2.75) is 44.3 Å². The lowest BCUT2D eigenvalue weighted by Gasteiger charge is -2.43. The zero-order chi connectivity index (χ0) is 28.6. The molecule has 0 bridgehead atoms. The third kappa shape index (κ3) is 5.06. The quantitative estimate of drug-likeness (QED) is 0.374. The summed E-state index contributed by atoms with van der Waals surface area (Å²) in [6.07, 6.45) is 9.63. The van der Waals surface area contributed by atoms with Crippen LogP contribution in [0.1, 0.15) is 36.9 Å². The Labute approximate surface area is 249 Å². The Kier molecular flexibility index (Phi) is 7.66. The number of aromatic nitrogens is 2. The summed E-state index contributed by atoms with van der Waals surface area (Å²) >= 11 is 3.59. The van der Waals surface area contributed by atoms with Gasteiger partial charge in [-0.1, -0.05) is 42.5 Å². The van der Waals surface area contributed by atoms with Crippen molar-refractivity contribution in [1.29, 1.82) is 0 Å². The predicted molar refractivity (Wildman–Crippen MR) is 165 cm³/mol. The second-order valence-electron chi connectivity index (χ2n) is 11.1. The van der Waals surface area contributed by atoms with Gasteiger partial charge in [-0.05, 0) is 77.5 Å². The number of para-hydroxylation sites is 1. The third-order valence-corrected chi connectivity index (χ3v) is 9.51. The molecule has 9 heteroatoms. The fourth-order valence-corrected chi connectivity index (χ4v) is 6.95. The number of carbonyl (C=O) groups excluding carboxylic acids is 1. The van der Waals surface area contributed by atoms with Crippen molar-refractivity contribution in [3.63, 3.8) is 0 Å². The summed E-state index contributed by atoms with van der Waals surface area (Å²) in [5, 5.41) is 0. The topological polar surface area (TPSA) is 63.0 Å². The van der Waals surface area contributed by atoms with E-state index in [2.05, 4.69) is 50.0 Å². The van der Waals surface area contributed by atoms with Crippen LogP contribution in [0.2, 0.25) is 0 Å². The van der Waals surface area contributed by atoms with Gasteiger partial charge in [-0.2, -0.15) is 0 Å². The Bertz CT molecular complexity index is 1530. The van der Waals surface area contributed by atoms with E-state index in [0.29, 0.717) is 24.2 Å². The van der Waals surface area contributed by atoms with Crippen molar-refractivity contribution in [2.24, 2.45) is 7.05 Å². The normalized spacial score (nSPS) is 18.8. The summed E-state index contributed by atoms with van der Waals surface area (Å²) in [5.41, 5.74) is 3.40. The highest BCUT2D eigenvalue weighted by molar-refractivity contribution is 9.10. The third-order valence-electron chi connectivity index (χ3n) is 8.72. The van der Waals surface area contributed by atoms with Gasteiger partial charge in [-0.3, -0.25) is 19.2 Å². The van der Waals surface area contributed by atoms with E-state index in [9.17, 15) is 9.59 Å². The number of hydrogen-bond donors (Lipinski definition) is 0. The minimum atomic E-state index is -0.586. The second kappa shape index (κ2) is 11.4. The first-order valence-electron chi connectivity index (χ1n) is 14.2. The highest BCUT2D eigenvalue weighted by Gasteiger charge is 2.53. The van der Waals surface area contributed by atoms with E-state index in [1.807, 2.05) is 65.2 Å². The molecule has 41 heavy (non-hydrogen) atoms. The molecule has 2 saturated heterocycles. The lowest BCUT2D eigenvalue weighted by Crippen LogP contribution is -2.56. The lowest BCUT2D eigenvalue weighted by molar-refractivity contribution is -0.134. The molecule has 6 rings (SSSR count). The van der Waals surface area contributed by atoms with Gasteiger partial charge in [-0.25, -0.2) is 4.68 Å². The molecule has 214 valence electrons. The van der Waals surface area contributed by atoms with Crippen LogP contribution in [0.5, 0.6) is 5.75 Å². The predicted octanol–water partition coefficient (Wildman–Crippen LogP) is 4.99. The monoisotopic (exact) mass is 617 g/mol. The number of piperidine rings is 1. The molecular weight excluding hydrogens is 582 g/mol. The minimum absolute atomic E-state index is 0.0378. The molecule has 1 spiro atoms. The molecule has 0 atom stereocenters. The second-order valence-corrected chi connectivity index (χ2v) is 11.9. The molecule has 2 fully saturated rings. The van der Waals surface area contributed by atoms with Crippen LogP contribution >= 0.6 is 15.9 Å². The van der Waals surface area contributed by atoms with Crippen LogP contribution in [-0.4, -0.2) is 57.5 Å². The first kappa shape index (κ1) is 27.6. The average molecular weight is 619 g/mol. The number of hydrogen-bond acceptors (Lipinski definition) is 5. The summed E-state index contributed by atoms with van der Waals surface area (Å²) in [5.74, 6) is 0.996. The maximum atomic E-state index is 14.2. The number of likely N-dealkylation sites (tertiary alicyclic amines) is 1. The zero-order valence-electron chi connectivity index (χ0n) is 23.6. The van der Waals surface area contributed by atoms with Gasteiger partial charge >= 0.3 is 0 Å². The molecule has 0 N–H and O–H groups in total. The van der Waals surface area contributed by atoms with Crippen molar-refractivity contribution >= 4 is 33.2 Å².